The third-order valence-corrected chi connectivity index (χ3v) is 6.40. The summed E-state index contributed by atoms with van der Waals surface area (Å²) in [5.74, 6) is 0. The number of nitrogens with one attached hydrogen (secondary N) is 2. The highest BCUT2D eigenvalue weighted by Gasteiger charge is 2.17. The lowest BCUT2D eigenvalue weighted by atomic mass is 10.1. The van der Waals surface area contributed by atoms with Crippen LogP contribution in [-0.2, 0) is 29.5 Å². The molecule has 0 saturated heterocycles. The van der Waals surface area contributed by atoms with Gasteiger partial charge in [-0.3, -0.25) is 4.57 Å². The van der Waals surface area contributed by atoms with E-state index in [1.54, 1.807) is 6.20 Å². The number of amides is 1. The zero-order valence-corrected chi connectivity index (χ0v) is 20.3. The van der Waals surface area contributed by atoms with Gasteiger partial charge in [0.05, 0.1) is 25.0 Å². The standard InChI is InChI=1S/C20H37N2O7PS/c1-3-4-5-6-7-8-9-10-12-22-20(23)27-16-18(26-2)17-29-30(24,25)28-14-11-19-21-13-15-31-19/h13,15,18H,3-12,14,16-17H2,1-2H3,(H,22,23)(H,24,25). The number of alkyl carbamates (subject to hydrolysis) is 1. The molecule has 0 aromatic carbocycles. The number of rotatable bonds is 19. The minimum Gasteiger partial charge on any atom is -0.756 e. The van der Waals surface area contributed by atoms with Gasteiger partial charge < -0.3 is 28.7 Å². The molecule has 1 rings (SSSR count). The van der Waals surface area contributed by atoms with E-state index in [9.17, 15) is 14.3 Å². The topological polar surface area (TPSA) is 120 Å². The van der Waals surface area contributed by atoms with E-state index in [1.807, 2.05) is 5.38 Å². The number of hydrogen-bond acceptors (Lipinski definition) is 8. The number of aromatic amines is 1. The summed E-state index contributed by atoms with van der Waals surface area (Å²) < 4.78 is 31.7. The van der Waals surface area contributed by atoms with Crippen LogP contribution in [0, 0.1) is 0 Å². The fourth-order valence-electron chi connectivity index (χ4n) is 2.72. The van der Waals surface area contributed by atoms with Gasteiger partial charge in [-0.25, -0.2) is 9.78 Å². The monoisotopic (exact) mass is 480 g/mol. The van der Waals surface area contributed by atoms with E-state index in [0.29, 0.717) is 13.0 Å². The number of phosphoric acid groups is 1. The van der Waals surface area contributed by atoms with Crippen LogP contribution in [0.15, 0.2) is 11.6 Å². The van der Waals surface area contributed by atoms with Gasteiger partial charge in [-0.05, 0) is 6.42 Å². The van der Waals surface area contributed by atoms with Crippen LogP contribution in [0.25, 0.3) is 0 Å². The fraction of sp³-hybridized carbons (Fsp3) is 0.800. The average Bonchev–Trinajstić information content (AvgIpc) is 3.26. The Morgan fingerprint density at radius 1 is 1.16 bits per heavy atom. The molecule has 0 saturated carbocycles. The highest BCUT2D eigenvalue weighted by atomic mass is 32.1. The molecule has 0 bridgehead atoms. The lowest BCUT2D eigenvalue weighted by Gasteiger charge is -2.24. The lowest BCUT2D eigenvalue weighted by Crippen LogP contribution is -2.31. The number of ether oxygens (including phenoxy) is 2. The summed E-state index contributed by atoms with van der Waals surface area (Å²) in [7, 11) is -3.07. The number of hydrogen-bond donors (Lipinski definition) is 1. The molecule has 31 heavy (non-hydrogen) atoms. The Kier molecular flexibility index (Phi) is 15.8. The van der Waals surface area contributed by atoms with Crippen LogP contribution in [0.4, 0.5) is 4.79 Å². The molecule has 9 nitrogen and oxygen atoms in total. The average molecular weight is 481 g/mol. The van der Waals surface area contributed by atoms with Crippen molar-refractivity contribution < 1.29 is 37.8 Å². The molecule has 180 valence electrons. The van der Waals surface area contributed by atoms with Crippen molar-refractivity contribution in [2.75, 3.05) is 33.5 Å². The van der Waals surface area contributed by atoms with Crippen molar-refractivity contribution in [3.8, 4) is 0 Å². The first-order valence-corrected chi connectivity index (χ1v) is 13.3. The molecule has 0 aliphatic rings. The zero-order valence-electron chi connectivity index (χ0n) is 18.6. The van der Waals surface area contributed by atoms with Gasteiger partial charge in [0.2, 0.25) is 5.01 Å². The molecular formula is C20H37N2O7PS. The molecule has 1 aromatic heterocycles. The number of methoxy groups -OCH3 is 1. The molecule has 1 aromatic rings. The Morgan fingerprint density at radius 2 is 1.87 bits per heavy atom. The van der Waals surface area contributed by atoms with Crippen molar-refractivity contribution in [2.24, 2.45) is 0 Å². The Bertz CT molecular complexity index is 619. The number of thiazole rings is 1. The van der Waals surface area contributed by atoms with E-state index in [4.69, 9.17) is 18.5 Å². The zero-order chi connectivity index (χ0) is 22.8. The molecule has 0 aliphatic heterocycles. The van der Waals surface area contributed by atoms with Gasteiger partial charge >= 0.3 is 6.09 Å². The number of phosphoric ester groups is 1. The van der Waals surface area contributed by atoms with Crippen molar-refractivity contribution in [3.05, 3.63) is 16.6 Å². The molecule has 1 heterocycles. The van der Waals surface area contributed by atoms with Crippen LogP contribution in [0.1, 0.15) is 63.3 Å². The number of unbranched alkanes of at least 4 members (excludes halogenated alkanes) is 7. The van der Waals surface area contributed by atoms with Crippen LogP contribution in [0.5, 0.6) is 0 Å². The first kappa shape index (κ1) is 28.0. The summed E-state index contributed by atoms with van der Waals surface area (Å²) in [6.07, 6.45) is 10.4. The maximum Gasteiger partial charge on any atom is 0.407 e. The fourth-order valence-corrected chi connectivity index (χ4v) is 4.10. The van der Waals surface area contributed by atoms with Crippen LogP contribution in [0.2, 0.25) is 0 Å². The molecule has 11 heteroatoms. The minimum absolute atomic E-state index is 0.0207. The van der Waals surface area contributed by atoms with Gasteiger partial charge in [0, 0.05) is 13.7 Å². The van der Waals surface area contributed by atoms with Crippen molar-refractivity contribution in [1.82, 2.24) is 5.32 Å². The molecular weight excluding hydrogens is 443 g/mol. The third kappa shape index (κ3) is 15.4. The summed E-state index contributed by atoms with van der Waals surface area (Å²) >= 11 is 1.47. The molecule has 0 fully saturated rings. The summed E-state index contributed by atoms with van der Waals surface area (Å²) in [6, 6.07) is 0. The Labute approximate surface area is 189 Å². The van der Waals surface area contributed by atoms with Gasteiger partial charge in [-0.2, -0.15) is 0 Å². The van der Waals surface area contributed by atoms with Crippen LogP contribution >= 0.6 is 19.2 Å². The van der Waals surface area contributed by atoms with E-state index in [2.05, 4.69) is 17.2 Å². The Hall–Kier alpha value is -1.03. The van der Waals surface area contributed by atoms with E-state index in [0.717, 1.165) is 17.8 Å². The quantitative estimate of drug-likeness (QED) is 0.238. The van der Waals surface area contributed by atoms with E-state index in [-0.39, 0.29) is 19.8 Å². The van der Waals surface area contributed by atoms with Crippen LogP contribution in [-0.4, -0.2) is 45.7 Å². The van der Waals surface area contributed by atoms with E-state index in [1.165, 1.54) is 57.0 Å². The second-order valence-electron chi connectivity index (χ2n) is 7.17. The summed E-state index contributed by atoms with van der Waals surface area (Å²) in [5.41, 5.74) is 0. The van der Waals surface area contributed by atoms with Gasteiger partial charge in [0.15, 0.2) is 6.20 Å². The number of aromatic nitrogens is 1. The molecule has 0 radical (unpaired) electrons. The summed E-state index contributed by atoms with van der Waals surface area (Å²) in [4.78, 5) is 26.5. The molecule has 2 N–H and O–H groups in total. The number of carbonyl (C=O) groups excluding carboxylic acids is 1. The number of H-pyrrole nitrogens is 1. The van der Waals surface area contributed by atoms with Gasteiger partial charge in [0.1, 0.15) is 12.7 Å². The predicted octanol–water partition coefficient (Wildman–Crippen LogP) is 3.49. The Morgan fingerprint density at radius 3 is 2.52 bits per heavy atom. The SMILES string of the molecule is CCCCCCCCCCNC(=O)OCC(COP(=O)([O-])OCCc1[nH+]ccs1)OC. The highest BCUT2D eigenvalue weighted by Crippen LogP contribution is 2.38. The molecule has 0 aliphatic carbocycles. The second kappa shape index (κ2) is 17.5. The summed E-state index contributed by atoms with van der Waals surface area (Å²) in [5, 5.41) is 5.45. The molecule has 2 atom stereocenters. The summed E-state index contributed by atoms with van der Waals surface area (Å²) in [6.45, 7) is 2.31. The number of carbonyl (C=O) groups is 1. The highest BCUT2D eigenvalue weighted by molar-refractivity contribution is 7.45. The first-order chi connectivity index (χ1) is 15.0. The van der Waals surface area contributed by atoms with Gasteiger partial charge in [-0.1, -0.05) is 63.2 Å². The molecule has 1 amide bonds. The predicted molar refractivity (Wildman–Crippen MR) is 117 cm³/mol. The Balaban J connectivity index is 2.07. The van der Waals surface area contributed by atoms with Crippen molar-refractivity contribution in [3.63, 3.8) is 0 Å². The van der Waals surface area contributed by atoms with Crippen LogP contribution in [0.3, 0.4) is 0 Å². The smallest absolute Gasteiger partial charge is 0.407 e. The van der Waals surface area contributed by atoms with Gasteiger partial charge in [-0.15, -0.1) is 0 Å². The van der Waals surface area contributed by atoms with E-state index >= 15 is 0 Å². The third-order valence-electron chi connectivity index (χ3n) is 4.55. The molecule has 2 unspecified atom stereocenters. The van der Waals surface area contributed by atoms with Crippen LogP contribution < -0.4 is 15.2 Å². The van der Waals surface area contributed by atoms with Crippen molar-refractivity contribution >= 4 is 25.3 Å². The molecule has 0 spiro atoms. The van der Waals surface area contributed by atoms with Gasteiger partial charge in [0.25, 0.3) is 7.82 Å². The normalized spacial score (nSPS) is 14.2. The maximum atomic E-state index is 11.8. The van der Waals surface area contributed by atoms with E-state index < -0.39 is 20.0 Å². The van der Waals surface area contributed by atoms with Crippen molar-refractivity contribution in [2.45, 2.75) is 70.8 Å². The van der Waals surface area contributed by atoms with Crippen molar-refractivity contribution in [1.29, 1.82) is 0 Å². The largest absolute Gasteiger partial charge is 0.756 e. The maximum absolute atomic E-state index is 11.8. The first-order valence-electron chi connectivity index (χ1n) is 10.9. The second-order valence-corrected chi connectivity index (χ2v) is 9.58. The minimum atomic E-state index is -4.46. The lowest BCUT2D eigenvalue weighted by molar-refractivity contribution is -0.382.